The molecule has 1 rings (SSSR count). The standard InChI is InChI=1S/C14H26O3/c1-3-5-6-12(4-2)11-17-13-7-8-14(15)16-10-9-13/h12-13H,3-11H2,1-2H3. The quantitative estimate of drug-likeness (QED) is 0.642. The number of unbranched alkanes of at least 4 members (excludes halogenated alkanes) is 1. The van der Waals surface area contributed by atoms with Gasteiger partial charge < -0.3 is 9.47 Å². The molecular formula is C14H26O3. The number of cyclic esters (lactones) is 1. The van der Waals surface area contributed by atoms with E-state index in [0.29, 0.717) is 18.9 Å². The fraction of sp³-hybridized carbons (Fsp3) is 0.929. The summed E-state index contributed by atoms with van der Waals surface area (Å²) in [7, 11) is 0. The lowest BCUT2D eigenvalue weighted by atomic mass is 10.0. The highest BCUT2D eigenvalue weighted by molar-refractivity contribution is 5.69. The SMILES string of the molecule is CCCCC(CC)COC1CCOC(=O)CC1. The van der Waals surface area contributed by atoms with Crippen LogP contribution in [0.2, 0.25) is 0 Å². The average Bonchev–Trinajstić information content (AvgIpc) is 2.54. The second-order valence-electron chi connectivity index (χ2n) is 4.92. The fourth-order valence-corrected chi connectivity index (χ4v) is 2.14. The number of ether oxygens (including phenoxy) is 2. The van der Waals surface area contributed by atoms with E-state index in [2.05, 4.69) is 13.8 Å². The second kappa shape index (κ2) is 8.51. The van der Waals surface area contributed by atoms with Gasteiger partial charge >= 0.3 is 5.97 Å². The Balaban J connectivity index is 2.20. The van der Waals surface area contributed by atoms with E-state index in [1.807, 2.05) is 0 Å². The van der Waals surface area contributed by atoms with E-state index in [1.165, 1.54) is 25.7 Å². The highest BCUT2D eigenvalue weighted by Crippen LogP contribution is 2.18. The third-order valence-corrected chi connectivity index (χ3v) is 3.48. The van der Waals surface area contributed by atoms with Crippen LogP contribution in [0.25, 0.3) is 0 Å². The minimum absolute atomic E-state index is 0.0749. The van der Waals surface area contributed by atoms with Gasteiger partial charge in [-0.05, 0) is 18.8 Å². The molecule has 0 aromatic carbocycles. The van der Waals surface area contributed by atoms with Crippen LogP contribution in [0, 0.1) is 5.92 Å². The Bertz CT molecular complexity index is 216. The minimum Gasteiger partial charge on any atom is -0.466 e. The van der Waals surface area contributed by atoms with E-state index < -0.39 is 0 Å². The number of carbonyl (C=O) groups is 1. The molecule has 0 saturated carbocycles. The van der Waals surface area contributed by atoms with Gasteiger partial charge in [0, 0.05) is 19.4 Å². The van der Waals surface area contributed by atoms with Crippen LogP contribution in [0.1, 0.15) is 58.8 Å². The van der Waals surface area contributed by atoms with Crippen molar-refractivity contribution in [3.05, 3.63) is 0 Å². The first-order valence-corrected chi connectivity index (χ1v) is 7.03. The summed E-state index contributed by atoms with van der Waals surface area (Å²) in [6, 6.07) is 0. The number of hydrogen-bond acceptors (Lipinski definition) is 3. The molecule has 0 aromatic heterocycles. The Morgan fingerprint density at radius 1 is 1.41 bits per heavy atom. The first-order chi connectivity index (χ1) is 8.26. The topological polar surface area (TPSA) is 35.5 Å². The van der Waals surface area contributed by atoms with Gasteiger partial charge in [0.25, 0.3) is 0 Å². The van der Waals surface area contributed by atoms with Crippen LogP contribution in [-0.4, -0.2) is 25.3 Å². The van der Waals surface area contributed by atoms with E-state index >= 15 is 0 Å². The molecule has 1 fully saturated rings. The fourth-order valence-electron chi connectivity index (χ4n) is 2.14. The van der Waals surface area contributed by atoms with Crippen molar-refractivity contribution in [1.82, 2.24) is 0 Å². The van der Waals surface area contributed by atoms with Gasteiger partial charge in [-0.1, -0.05) is 33.1 Å². The Kier molecular flexibility index (Phi) is 7.25. The van der Waals surface area contributed by atoms with Crippen molar-refractivity contribution in [2.45, 2.75) is 64.9 Å². The third-order valence-electron chi connectivity index (χ3n) is 3.48. The smallest absolute Gasteiger partial charge is 0.305 e. The average molecular weight is 242 g/mol. The number of rotatable bonds is 7. The molecule has 3 heteroatoms. The molecule has 0 amide bonds. The molecule has 2 unspecified atom stereocenters. The van der Waals surface area contributed by atoms with E-state index in [1.54, 1.807) is 0 Å². The van der Waals surface area contributed by atoms with Crippen molar-refractivity contribution < 1.29 is 14.3 Å². The molecule has 1 aliphatic heterocycles. The van der Waals surface area contributed by atoms with E-state index in [-0.39, 0.29) is 12.1 Å². The summed E-state index contributed by atoms with van der Waals surface area (Å²) in [5.41, 5.74) is 0. The monoisotopic (exact) mass is 242 g/mol. The zero-order valence-corrected chi connectivity index (χ0v) is 11.2. The van der Waals surface area contributed by atoms with Crippen molar-refractivity contribution in [2.24, 2.45) is 5.92 Å². The highest BCUT2D eigenvalue weighted by atomic mass is 16.5. The lowest BCUT2D eigenvalue weighted by molar-refractivity contribution is -0.142. The maximum absolute atomic E-state index is 11.1. The summed E-state index contributed by atoms with van der Waals surface area (Å²) in [4.78, 5) is 11.1. The lowest BCUT2D eigenvalue weighted by Gasteiger charge is -2.19. The molecule has 100 valence electrons. The van der Waals surface area contributed by atoms with Crippen LogP contribution >= 0.6 is 0 Å². The van der Waals surface area contributed by atoms with E-state index in [4.69, 9.17) is 9.47 Å². The molecule has 1 aliphatic rings. The number of esters is 1. The van der Waals surface area contributed by atoms with Gasteiger partial charge in [0.1, 0.15) is 0 Å². The summed E-state index contributed by atoms with van der Waals surface area (Å²) in [6.07, 6.45) is 7.39. The summed E-state index contributed by atoms with van der Waals surface area (Å²) in [6.45, 7) is 5.82. The Hall–Kier alpha value is -0.570. The Morgan fingerprint density at radius 2 is 2.24 bits per heavy atom. The zero-order valence-electron chi connectivity index (χ0n) is 11.2. The van der Waals surface area contributed by atoms with Crippen molar-refractivity contribution in [3.8, 4) is 0 Å². The lowest BCUT2D eigenvalue weighted by Crippen LogP contribution is -2.18. The summed E-state index contributed by atoms with van der Waals surface area (Å²) in [5, 5.41) is 0. The summed E-state index contributed by atoms with van der Waals surface area (Å²) >= 11 is 0. The molecule has 2 atom stereocenters. The maximum atomic E-state index is 11.1. The van der Waals surface area contributed by atoms with Gasteiger partial charge in [0.2, 0.25) is 0 Å². The van der Waals surface area contributed by atoms with Crippen molar-refractivity contribution in [1.29, 1.82) is 0 Å². The first kappa shape index (κ1) is 14.5. The third kappa shape index (κ3) is 6.06. The Labute approximate surface area is 105 Å². The molecule has 1 heterocycles. The van der Waals surface area contributed by atoms with Crippen molar-refractivity contribution in [2.75, 3.05) is 13.2 Å². The predicted octanol–water partition coefficient (Wildman–Crippen LogP) is 3.32. The Morgan fingerprint density at radius 3 is 2.94 bits per heavy atom. The van der Waals surface area contributed by atoms with Gasteiger partial charge in [-0.25, -0.2) is 0 Å². The first-order valence-electron chi connectivity index (χ1n) is 7.03. The van der Waals surface area contributed by atoms with Crippen LogP contribution in [0.5, 0.6) is 0 Å². The van der Waals surface area contributed by atoms with Gasteiger partial charge in [-0.2, -0.15) is 0 Å². The number of hydrogen-bond donors (Lipinski definition) is 0. The van der Waals surface area contributed by atoms with Gasteiger partial charge in [-0.3, -0.25) is 4.79 Å². The second-order valence-corrected chi connectivity index (χ2v) is 4.92. The van der Waals surface area contributed by atoms with Crippen LogP contribution in [0.3, 0.4) is 0 Å². The molecule has 0 spiro atoms. The molecule has 0 N–H and O–H groups in total. The predicted molar refractivity (Wildman–Crippen MR) is 67.9 cm³/mol. The molecule has 0 aromatic rings. The molecule has 0 radical (unpaired) electrons. The highest BCUT2D eigenvalue weighted by Gasteiger charge is 2.18. The number of carbonyl (C=O) groups excluding carboxylic acids is 1. The summed E-state index contributed by atoms with van der Waals surface area (Å²) < 4.78 is 10.9. The molecule has 1 saturated heterocycles. The normalized spacial score (nSPS) is 22.9. The van der Waals surface area contributed by atoms with Gasteiger partial charge in [-0.15, -0.1) is 0 Å². The molecule has 0 bridgehead atoms. The summed E-state index contributed by atoms with van der Waals surface area (Å²) in [5.74, 6) is 0.601. The molecular weight excluding hydrogens is 216 g/mol. The van der Waals surface area contributed by atoms with Crippen molar-refractivity contribution >= 4 is 5.97 Å². The van der Waals surface area contributed by atoms with Crippen molar-refractivity contribution in [3.63, 3.8) is 0 Å². The van der Waals surface area contributed by atoms with Crippen LogP contribution < -0.4 is 0 Å². The van der Waals surface area contributed by atoms with Crippen LogP contribution in [0.4, 0.5) is 0 Å². The molecule has 3 nitrogen and oxygen atoms in total. The van der Waals surface area contributed by atoms with E-state index in [0.717, 1.165) is 19.4 Å². The molecule has 17 heavy (non-hydrogen) atoms. The maximum Gasteiger partial charge on any atom is 0.305 e. The van der Waals surface area contributed by atoms with Crippen LogP contribution in [-0.2, 0) is 14.3 Å². The van der Waals surface area contributed by atoms with Crippen LogP contribution in [0.15, 0.2) is 0 Å². The van der Waals surface area contributed by atoms with E-state index in [9.17, 15) is 4.79 Å². The minimum atomic E-state index is -0.0749. The van der Waals surface area contributed by atoms with Gasteiger partial charge in [0.15, 0.2) is 0 Å². The van der Waals surface area contributed by atoms with Gasteiger partial charge in [0.05, 0.1) is 12.7 Å². The largest absolute Gasteiger partial charge is 0.466 e. The molecule has 0 aliphatic carbocycles. The zero-order chi connectivity index (χ0) is 12.5.